The normalized spacial score (nSPS) is 22.5. The van der Waals surface area contributed by atoms with Crippen molar-refractivity contribution in [2.24, 2.45) is 11.8 Å². The molecule has 118 valence electrons. The molecule has 0 aromatic carbocycles. The van der Waals surface area contributed by atoms with E-state index in [1.165, 1.54) is 0 Å². The zero-order chi connectivity index (χ0) is 14.6. The minimum absolute atomic E-state index is 0. The lowest BCUT2D eigenvalue weighted by molar-refractivity contribution is -0.188. The van der Waals surface area contributed by atoms with Crippen LogP contribution in [0.15, 0.2) is 0 Å². The fourth-order valence-corrected chi connectivity index (χ4v) is 2.05. The predicted octanol–water partition coefficient (Wildman–Crippen LogP) is 1.56. The average Bonchev–Trinajstić information content (AvgIpc) is 2.73. The number of likely N-dealkylation sites (tertiary alicyclic amines) is 1. The summed E-state index contributed by atoms with van der Waals surface area (Å²) >= 11 is 0. The number of carbonyl (C=O) groups is 2. The Balaban J connectivity index is 0.00000361. The van der Waals surface area contributed by atoms with E-state index in [1.54, 1.807) is 6.92 Å². The van der Waals surface area contributed by atoms with Crippen LogP contribution in [-0.4, -0.2) is 54.4 Å². The highest BCUT2D eigenvalue weighted by molar-refractivity contribution is 5.85. The molecule has 0 aromatic heterocycles. The molecule has 1 rings (SSSR count). The average molecular weight is 320 g/mol. The van der Waals surface area contributed by atoms with Gasteiger partial charge in [0.2, 0.25) is 5.91 Å². The molecular weight excluding hydrogens is 303 g/mol. The van der Waals surface area contributed by atoms with E-state index in [1.807, 2.05) is 0 Å². The molecule has 0 bridgehead atoms. The molecule has 1 fully saturated rings. The fraction of sp³-hybridized carbons (Fsp3) is 0.818. The lowest BCUT2D eigenvalue weighted by Gasteiger charge is -2.18. The summed E-state index contributed by atoms with van der Waals surface area (Å²) in [7, 11) is 0. The number of carboxylic acid groups (broad SMARTS) is 1. The van der Waals surface area contributed by atoms with E-state index in [0.29, 0.717) is 6.61 Å². The van der Waals surface area contributed by atoms with Gasteiger partial charge in [-0.05, 0) is 6.92 Å². The Hall–Kier alpha value is -1.02. The number of carbonyl (C=O) groups excluding carboxylic acids is 1. The minimum atomic E-state index is -4.61. The van der Waals surface area contributed by atoms with Gasteiger partial charge in [-0.25, -0.2) is 0 Å². The van der Waals surface area contributed by atoms with Gasteiger partial charge in [0, 0.05) is 19.7 Å². The second-order valence-corrected chi connectivity index (χ2v) is 4.34. The summed E-state index contributed by atoms with van der Waals surface area (Å²) in [6, 6.07) is 0. The van der Waals surface area contributed by atoms with Crippen molar-refractivity contribution in [1.82, 2.24) is 4.90 Å². The van der Waals surface area contributed by atoms with Gasteiger partial charge >= 0.3 is 12.1 Å². The van der Waals surface area contributed by atoms with Crippen LogP contribution >= 0.6 is 12.4 Å². The minimum Gasteiger partial charge on any atom is -0.481 e. The largest absolute Gasteiger partial charge is 0.481 e. The van der Waals surface area contributed by atoms with E-state index in [2.05, 4.69) is 0 Å². The Morgan fingerprint density at radius 1 is 1.35 bits per heavy atom. The molecule has 0 saturated carbocycles. The fourth-order valence-electron chi connectivity index (χ4n) is 2.05. The molecule has 1 amide bonds. The molecule has 2 atom stereocenters. The van der Waals surface area contributed by atoms with E-state index >= 15 is 0 Å². The monoisotopic (exact) mass is 319 g/mol. The lowest BCUT2D eigenvalue weighted by Crippen LogP contribution is -2.34. The molecule has 0 radical (unpaired) electrons. The van der Waals surface area contributed by atoms with Gasteiger partial charge in [0.1, 0.15) is 0 Å². The molecule has 1 saturated heterocycles. The van der Waals surface area contributed by atoms with Crippen LogP contribution in [0.25, 0.3) is 0 Å². The maximum atomic E-state index is 12.7. The van der Waals surface area contributed by atoms with Gasteiger partial charge in [-0.15, -0.1) is 12.4 Å². The second kappa shape index (κ2) is 7.68. The highest BCUT2D eigenvalue weighted by atomic mass is 35.5. The van der Waals surface area contributed by atoms with E-state index < -0.39 is 43.0 Å². The van der Waals surface area contributed by atoms with Gasteiger partial charge in [0.15, 0.2) is 0 Å². The number of nitrogens with zero attached hydrogens (tertiary/aromatic N) is 1. The van der Waals surface area contributed by atoms with Crippen molar-refractivity contribution >= 4 is 24.3 Å². The first-order valence-electron chi connectivity index (χ1n) is 5.92. The van der Waals surface area contributed by atoms with E-state index in [9.17, 15) is 22.8 Å². The van der Waals surface area contributed by atoms with Gasteiger partial charge in [-0.2, -0.15) is 13.2 Å². The number of amides is 1. The van der Waals surface area contributed by atoms with Crippen LogP contribution < -0.4 is 0 Å². The molecule has 1 N–H and O–H groups in total. The zero-order valence-electron chi connectivity index (χ0n) is 10.9. The van der Waals surface area contributed by atoms with Crippen LogP contribution in [0.2, 0.25) is 0 Å². The van der Waals surface area contributed by atoms with Crippen LogP contribution in [-0.2, 0) is 14.3 Å². The van der Waals surface area contributed by atoms with E-state index in [-0.39, 0.29) is 25.4 Å². The Labute approximate surface area is 120 Å². The van der Waals surface area contributed by atoms with Crippen molar-refractivity contribution in [2.45, 2.75) is 19.5 Å². The number of rotatable bonds is 5. The van der Waals surface area contributed by atoms with Crippen molar-refractivity contribution in [3.8, 4) is 0 Å². The molecule has 1 aliphatic rings. The Morgan fingerprint density at radius 2 is 1.95 bits per heavy atom. The van der Waals surface area contributed by atoms with Gasteiger partial charge in [0.05, 0.1) is 24.9 Å². The summed E-state index contributed by atoms with van der Waals surface area (Å²) in [5, 5.41) is 8.80. The van der Waals surface area contributed by atoms with Crippen LogP contribution in [0.1, 0.15) is 13.3 Å². The van der Waals surface area contributed by atoms with Crippen molar-refractivity contribution in [2.75, 3.05) is 26.3 Å². The van der Waals surface area contributed by atoms with Gasteiger partial charge in [-0.3, -0.25) is 9.59 Å². The second-order valence-electron chi connectivity index (χ2n) is 4.34. The summed E-state index contributed by atoms with van der Waals surface area (Å²) in [4.78, 5) is 23.4. The van der Waals surface area contributed by atoms with E-state index in [4.69, 9.17) is 9.84 Å². The number of aliphatic carboxylic acids is 1. The summed E-state index contributed by atoms with van der Waals surface area (Å²) in [6.45, 7) is 1.28. The topological polar surface area (TPSA) is 66.8 Å². The number of ether oxygens (including phenoxy) is 1. The predicted molar refractivity (Wildman–Crippen MR) is 65.6 cm³/mol. The lowest BCUT2D eigenvalue weighted by atomic mass is 9.96. The number of hydrogen-bond donors (Lipinski definition) is 1. The summed E-state index contributed by atoms with van der Waals surface area (Å²) in [5.41, 5.74) is 0. The molecule has 0 spiro atoms. The third-order valence-electron chi connectivity index (χ3n) is 3.07. The van der Waals surface area contributed by atoms with Crippen LogP contribution in [0.4, 0.5) is 13.2 Å². The highest BCUT2D eigenvalue weighted by Gasteiger charge is 2.53. The van der Waals surface area contributed by atoms with Crippen molar-refractivity contribution < 1.29 is 32.6 Å². The van der Waals surface area contributed by atoms with Crippen LogP contribution in [0.5, 0.6) is 0 Å². The summed E-state index contributed by atoms with van der Waals surface area (Å²) < 4.78 is 43.0. The van der Waals surface area contributed by atoms with Crippen molar-refractivity contribution in [3.63, 3.8) is 0 Å². The molecule has 1 aliphatic heterocycles. The maximum Gasteiger partial charge on any atom is 0.394 e. The number of hydrogen-bond acceptors (Lipinski definition) is 3. The highest BCUT2D eigenvalue weighted by Crippen LogP contribution is 2.37. The SMILES string of the molecule is CCOCCC(=O)N1C[C@@H](C(F)(F)F)[C@H](C(=O)O)C1.Cl. The number of halogens is 4. The molecule has 0 unspecified atom stereocenters. The number of alkyl halides is 3. The third-order valence-corrected chi connectivity index (χ3v) is 3.07. The first-order chi connectivity index (χ1) is 8.77. The van der Waals surface area contributed by atoms with Crippen LogP contribution in [0, 0.1) is 11.8 Å². The summed E-state index contributed by atoms with van der Waals surface area (Å²) in [6.07, 6.45) is -4.65. The quantitative estimate of drug-likeness (QED) is 0.781. The molecule has 1 heterocycles. The van der Waals surface area contributed by atoms with Crippen molar-refractivity contribution in [1.29, 1.82) is 0 Å². The smallest absolute Gasteiger partial charge is 0.394 e. The van der Waals surface area contributed by atoms with Gasteiger partial charge in [0.25, 0.3) is 0 Å². The Kier molecular flexibility index (Phi) is 7.29. The molecule has 20 heavy (non-hydrogen) atoms. The standard InChI is InChI=1S/C11H16F3NO4.ClH/c1-2-19-4-3-9(16)15-5-7(10(17)18)8(6-15)11(12,13)14;/h7-8H,2-6H2,1H3,(H,17,18);1H/t7-,8-;/m1./s1. The zero-order valence-corrected chi connectivity index (χ0v) is 11.7. The maximum absolute atomic E-state index is 12.7. The third kappa shape index (κ3) is 4.82. The first-order valence-corrected chi connectivity index (χ1v) is 5.92. The molecular formula is C11H17ClF3NO4. The van der Waals surface area contributed by atoms with E-state index in [0.717, 1.165) is 4.90 Å². The van der Waals surface area contributed by atoms with Crippen molar-refractivity contribution in [3.05, 3.63) is 0 Å². The van der Waals surface area contributed by atoms with Gasteiger partial charge in [-0.1, -0.05) is 0 Å². The summed E-state index contributed by atoms with van der Waals surface area (Å²) in [5.74, 6) is -5.62. The first kappa shape index (κ1) is 19.0. The molecule has 0 aromatic rings. The molecule has 0 aliphatic carbocycles. The Morgan fingerprint density at radius 3 is 2.35 bits per heavy atom. The Bertz CT molecular complexity index is 351. The van der Waals surface area contributed by atoms with Crippen LogP contribution in [0.3, 0.4) is 0 Å². The molecule has 5 nitrogen and oxygen atoms in total. The number of carboxylic acids is 1. The van der Waals surface area contributed by atoms with Gasteiger partial charge < -0.3 is 14.7 Å². The molecule has 9 heteroatoms.